The van der Waals surface area contributed by atoms with Crippen LogP contribution in [0.15, 0.2) is 45.6 Å². The average molecular weight is 415 g/mol. The van der Waals surface area contributed by atoms with Gasteiger partial charge in [0.15, 0.2) is 0 Å². The van der Waals surface area contributed by atoms with E-state index in [1.807, 2.05) is 31.2 Å². The molecule has 1 fully saturated rings. The Morgan fingerprint density at radius 3 is 2.76 bits per heavy atom. The van der Waals surface area contributed by atoms with Crippen molar-refractivity contribution >= 4 is 22.6 Å². The molecule has 1 saturated heterocycles. The minimum absolute atomic E-state index is 0.291. The zero-order valence-electron chi connectivity index (χ0n) is 16.9. The van der Waals surface area contributed by atoms with E-state index in [4.69, 9.17) is 25.5 Å². The molecule has 2 aromatic carbocycles. The summed E-state index contributed by atoms with van der Waals surface area (Å²) < 4.78 is 16.4. The fourth-order valence-corrected chi connectivity index (χ4v) is 4.51. The lowest BCUT2D eigenvalue weighted by atomic mass is 10.0. The van der Waals surface area contributed by atoms with Crippen molar-refractivity contribution in [2.45, 2.75) is 32.4 Å². The Balaban J connectivity index is 1.71. The SMILES string of the molecule is COc1ccc([C@@H]2CCC[NH+]2Cc2cc(=O)oc3cc(C)c(Cl)cc23)c(OC)c1. The van der Waals surface area contributed by atoms with Crippen LogP contribution in [0.5, 0.6) is 11.5 Å². The number of hydrogen-bond donors (Lipinski definition) is 1. The maximum Gasteiger partial charge on any atom is 0.336 e. The van der Waals surface area contributed by atoms with E-state index < -0.39 is 0 Å². The lowest BCUT2D eigenvalue weighted by Crippen LogP contribution is -3.08. The smallest absolute Gasteiger partial charge is 0.336 e. The molecule has 0 spiro atoms. The lowest BCUT2D eigenvalue weighted by molar-refractivity contribution is -0.931. The highest BCUT2D eigenvalue weighted by Crippen LogP contribution is 2.32. The molecule has 2 heterocycles. The minimum atomic E-state index is -0.327. The molecule has 29 heavy (non-hydrogen) atoms. The van der Waals surface area contributed by atoms with Gasteiger partial charge in [0, 0.05) is 40.9 Å². The quantitative estimate of drug-likeness (QED) is 0.647. The second kappa shape index (κ2) is 8.09. The van der Waals surface area contributed by atoms with Crippen molar-refractivity contribution in [2.24, 2.45) is 0 Å². The van der Waals surface area contributed by atoms with Crippen LogP contribution in [0.25, 0.3) is 11.0 Å². The Bertz CT molecular complexity index is 1110. The first-order valence-corrected chi connectivity index (χ1v) is 10.2. The van der Waals surface area contributed by atoms with Crippen molar-refractivity contribution < 1.29 is 18.8 Å². The summed E-state index contributed by atoms with van der Waals surface area (Å²) in [4.78, 5) is 13.6. The molecule has 0 aliphatic carbocycles. The molecule has 0 saturated carbocycles. The standard InChI is InChI=1S/C23H24ClNO4/c1-14-9-22-18(12-19(14)24)15(10-23(26)29-22)13-25-8-4-5-20(25)17-7-6-16(27-2)11-21(17)28-3/h6-7,9-12,20H,4-5,8,13H2,1-3H3/p+1/t20-/m0/s1. The number of nitrogens with one attached hydrogen (secondary N) is 1. The molecule has 3 aromatic rings. The Morgan fingerprint density at radius 2 is 2.00 bits per heavy atom. The van der Waals surface area contributed by atoms with E-state index in [2.05, 4.69) is 6.07 Å². The summed E-state index contributed by atoms with van der Waals surface area (Å²) in [5, 5.41) is 1.58. The van der Waals surface area contributed by atoms with Crippen molar-refractivity contribution in [3.8, 4) is 11.5 Å². The molecular formula is C23H25ClNO4+. The third-order valence-corrected chi connectivity index (χ3v) is 6.23. The monoisotopic (exact) mass is 414 g/mol. The number of ether oxygens (including phenoxy) is 2. The first kappa shape index (κ1) is 19.8. The summed E-state index contributed by atoms with van der Waals surface area (Å²) in [5.74, 6) is 1.62. The molecular weight excluding hydrogens is 390 g/mol. The normalized spacial score (nSPS) is 18.9. The molecule has 2 atom stereocenters. The average Bonchev–Trinajstić information content (AvgIpc) is 3.16. The largest absolute Gasteiger partial charge is 0.497 e. The molecule has 0 amide bonds. The predicted molar refractivity (Wildman–Crippen MR) is 113 cm³/mol. The van der Waals surface area contributed by atoms with Gasteiger partial charge < -0.3 is 18.8 Å². The molecule has 6 heteroatoms. The minimum Gasteiger partial charge on any atom is -0.497 e. The molecule has 0 bridgehead atoms. The van der Waals surface area contributed by atoms with Gasteiger partial charge in [0.2, 0.25) is 0 Å². The van der Waals surface area contributed by atoms with Gasteiger partial charge in [0.05, 0.1) is 26.3 Å². The van der Waals surface area contributed by atoms with E-state index in [1.165, 1.54) is 10.5 Å². The molecule has 1 aromatic heterocycles. The third-order valence-electron chi connectivity index (χ3n) is 5.83. The van der Waals surface area contributed by atoms with E-state index >= 15 is 0 Å². The second-order valence-electron chi connectivity index (χ2n) is 7.58. The summed E-state index contributed by atoms with van der Waals surface area (Å²) in [7, 11) is 3.34. The van der Waals surface area contributed by atoms with Crippen LogP contribution in [-0.2, 0) is 6.54 Å². The highest BCUT2D eigenvalue weighted by molar-refractivity contribution is 6.32. The van der Waals surface area contributed by atoms with Gasteiger partial charge in [-0.15, -0.1) is 0 Å². The third kappa shape index (κ3) is 3.85. The van der Waals surface area contributed by atoms with Gasteiger partial charge in [-0.05, 0) is 36.8 Å². The highest BCUT2D eigenvalue weighted by atomic mass is 35.5. The Labute approximate surface area is 174 Å². The first-order chi connectivity index (χ1) is 14.0. The van der Waals surface area contributed by atoms with Crippen LogP contribution in [0.1, 0.15) is 35.6 Å². The molecule has 1 N–H and O–H groups in total. The summed E-state index contributed by atoms with van der Waals surface area (Å²) in [6.45, 7) is 3.66. The summed E-state index contributed by atoms with van der Waals surface area (Å²) in [6.07, 6.45) is 2.19. The summed E-state index contributed by atoms with van der Waals surface area (Å²) >= 11 is 6.35. The summed E-state index contributed by atoms with van der Waals surface area (Å²) in [5.41, 5.74) is 3.29. The zero-order chi connectivity index (χ0) is 20.5. The second-order valence-corrected chi connectivity index (χ2v) is 7.98. The van der Waals surface area contributed by atoms with E-state index in [-0.39, 0.29) is 5.63 Å². The van der Waals surface area contributed by atoms with Gasteiger partial charge in [0.1, 0.15) is 29.7 Å². The summed E-state index contributed by atoms with van der Waals surface area (Å²) in [6, 6.07) is 11.6. The lowest BCUT2D eigenvalue weighted by Gasteiger charge is -2.24. The molecule has 152 valence electrons. The maximum atomic E-state index is 12.2. The number of quaternary nitrogens is 1. The van der Waals surface area contributed by atoms with Gasteiger partial charge in [-0.3, -0.25) is 0 Å². The van der Waals surface area contributed by atoms with Crippen LogP contribution >= 0.6 is 11.6 Å². The van der Waals surface area contributed by atoms with Crippen LogP contribution in [0, 0.1) is 6.92 Å². The van der Waals surface area contributed by atoms with Crippen LogP contribution in [0.2, 0.25) is 5.02 Å². The number of benzene rings is 2. The van der Waals surface area contributed by atoms with Gasteiger partial charge >= 0.3 is 5.63 Å². The van der Waals surface area contributed by atoms with Gasteiger partial charge in [-0.1, -0.05) is 11.6 Å². The van der Waals surface area contributed by atoms with Crippen LogP contribution in [-0.4, -0.2) is 20.8 Å². The Morgan fingerprint density at radius 1 is 1.17 bits per heavy atom. The number of methoxy groups -OCH3 is 2. The molecule has 4 rings (SSSR count). The Kier molecular flexibility index (Phi) is 5.52. The van der Waals surface area contributed by atoms with Crippen molar-refractivity contribution in [3.63, 3.8) is 0 Å². The van der Waals surface area contributed by atoms with Gasteiger partial charge in [-0.2, -0.15) is 0 Å². The number of likely N-dealkylation sites (tertiary alicyclic amines) is 1. The van der Waals surface area contributed by atoms with Crippen LogP contribution in [0.4, 0.5) is 0 Å². The van der Waals surface area contributed by atoms with Gasteiger partial charge in [-0.25, -0.2) is 4.79 Å². The fraction of sp³-hybridized carbons (Fsp3) is 0.348. The fourth-order valence-electron chi connectivity index (χ4n) is 4.34. The van der Waals surface area contributed by atoms with Crippen molar-refractivity contribution in [3.05, 3.63) is 68.5 Å². The number of rotatable bonds is 5. The highest BCUT2D eigenvalue weighted by Gasteiger charge is 2.33. The van der Waals surface area contributed by atoms with Crippen molar-refractivity contribution in [2.75, 3.05) is 20.8 Å². The number of hydrogen-bond acceptors (Lipinski definition) is 4. The van der Waals surface area contributed by atoms with Crippen molar-refractivity contribution in [1.29, 1.82) is 0 Å². The van der Waals surface area contributed by atoms with Crippen LogP contribution in [0.3, 0.4) is 0 Å². The number of aryl methyl sites for hydroxylation is 1. The number of halogens is 1. The topological polar surface area (TPSA) is 53.1 Å². The first-order valence-electron chi connectivity index (χ1n) is 9.79. The van der Waals surface area contributed by atoms with E-state index in [9.17, 15) is 4.79 Å². The van der Waals surface area contributed by atoms with Crippen LogP contribution < -0.4 is 20.0 Å². The molecule has 1 aliphatic heterocycles. The predicted octanol–water partition coefficient (Wildman–Crippen LogP) is 3.69. The maximum absolute atomic E-state index is 12.2. The molecule has 1 unspecified atom stereocenters. The van der Waals surface area contributed by atoms with E-state index in [0.717, 1.165) is 53.9 Å². The molecule has 1 aliphatic rings. The Hall–Kier alpha value is -2.50. The van der Waals surface area contributed by atoms with Crippen molar-refractivity contribution in [1.82, 2.24) is 0 Å². The molecule has 5 nitrogen and oxygen atoms in total. The zero-order valence-corrected chi connectivity index (χ0v) is 17.6. The van der Waals surface area contributed by atoms with E-state index in [0.29, 0.717) is 16.6 Å². The van der Waals surface area contributed by atoms with Gasteiger partial charge in [0.25, 0.3) is 0 Å². The van der Waals surface area contributed by atoms with E-state index in [1.54, 1.807) is 20.3 Å². The molecule has 0 radical (unpaired) electrons. The number of fused-ring (bicyclic) bond motifs is 1.